The Hall–Kier alpha value is -3.85. The van der Waals surface area contributed by atoms with Crippen molar-refractivity contribution in [1.29, 1.82) is 0 Å². The van der Waals surface area contributed by atoms with Gasteiger partial charge < -0.3 is 9.84 Å². The number of benzene rings is 3. The number of aryl methyl sites for hydroxylation is 2. The second-order valence-electron chi connectivity index (χ2n) is 7.34. The van der Waals surface area contributed by atoms with Gasteiger partial charge in [-0.1, -0.05) is 35.9 Å². The van der Waals surface area contributed by atoms with Gasteiger partial charge in [0.2, 0.25) is 0 Å². The molecule has 0 heterocycles. The molecule has 0 saturated heterocycles. The molecule has 33 heavy (non-hydrogen) atoms. The predicted octanol–water partition coefficient (Wildman–Crippen LogP) is 3.36. The fourth-order valence-corrected chi connectivity index (χ4v) is 4.73. The highest BCUT2D eigenvalue weighted by Crippen LogP contribution is 2.28. The lowest BCUT2D eigenvalue weighted by atomic mass is 10.1. The van der Waals surface area contributed by atoms with Crippen LogP contribution < -0.4 is 14.5 Å². The van der Waals surface area contributed by atoms with Gasteiger partial charge in [0.25, 0.3) is 15.9 Å². The molecule has 3 rings (SSSR count). The normalized spacial score (nSPS) is 11.4. The van der Waals surface area contributed by atoms with Crippen LogP contribution in [0, 0.1) is 13.8 Å². The number of hydrogen-bond acceptors (Lipinski definition) is 6. The molecule has 0 bridgehead atoms. The maximum atomic E-state index is 13.4. The molecule has 0 unspecified atom stereocenters. The number of amides is 1. The Morgan fingerprint density at radius 2 is 1.82 bits per heavy atom. The molecule has 172 valence electrons. The third kappa shape index (κ3) is 5.69. The molecule has 0 aliphatic carbocycles. The average molecular weight is 468 g/mol. The van der Waals surface area contributed by atoms with Gasteiger partial charge in [0.05, 0.1) is 23.9 Å². The summed E-state index contributed by atoms with van der Waals surface area (Å²) in [7, 11) is -2.58. The topological polar surface area (TPSA) is 108 Å². The van der Waals surface area contributed by atoms with Gasteiger partial charge in [-0.3, -0.25) is 9.10 Å². The lowest BCUT2D eigenvalue weighted by Gasteiger charge is -2.25. The number of aromatic hydroxyl groups is 1. The molecule has 3 aromatic rings. The number of nitrogens with zero attached hydrogens (tertiary/aromatic N) is 2. The molecule has 0 atom stereocenters. The number of rotatable bonds is 8. The Morgan fingerprint density at radius 1 is 1.09 bits per heavy atom. The van der Waals surface area contributed by atoms with Gasteiger partial charge >= 0.3 is 0 Å². The number of hydrazone groups is 1. The molecule has 3 aromatic carbocycles. The quantitative estimate of drug-likeness (QED) is 0.390. The first-order valence-corrected chi connectivity index (χ1v) is 11.5. The standard InChI is InChI=1S/C24H25N3O5S/c1-17-9-11-21(18(2)13-17)27(33(30,31)20-7-5-4-6-8-20)16-24(29)26-25-15-19-10-12-22(28)23(14-19)32-3/h4-15,28H,16H2,1-3H3,(H,26,29)/b25-15-. The zero-order valence-corrected chi connectivity index (χ0v) is 19.3. The van der Waals surface area contributed by atoms with Crippen LogP contribution in [0.2, 0.25) is 0 Å². The van der Waals surface area contributed by atoms with Crippen LogP contribution in [-0.4, -0.2) is 39.3 Å². The Kier molecular flexibility index (Phi) is 7.34. The zero-order valence-electron chi connectivity index (χ0n) is 18.5. The van der Waals surface area contributed by atoms with Crippen LogP contribution in [-0.2, 0) is 14.8 Å². The van der Waals surface area contributed by atoms with E-state index in [4.69, 9.17) is 4.74 Å². The summed E-state index contributed by atoms with van der Waals surface area (Å²) in [5.74, 6) is -0.370. The minimum atomic E-state index is -4.00. The molecule has 8 nitrogen and oxygen atoms in total. The summed E-state index contributed by atoms with van der Waals surface area (Å²) in [5.41, 5.74) is 5.05. The first kappa shape index (κ1) is 23.8. The molecule has 0 aromatic heterocycles. The summed E-state index contributed by atoms with van der Waals surface area (Å²) in [5, 5.41) is 13.6. The van der Waals surface area contributed by atoms with Crippen LogP contribution in [0.5, 0.6) is 11.5 Å². The van der Waals surface area contributed by atoms with Gasteiger partial charge in [-0.05, 0) is 61.4 Å². The number of ether oxygens (including phenoxy) is 1. The number of hydrogen-bond donors (Lipinski definition) is 2. The van der Waals surface area contributed by atoms with Crippen LogP contribution in [0.15, 0.2) is 76.7 Å². The molecule has 0 saturated carbocycles. The van der Waals surface area contributed by atoms with Crippen molar-refractivity contribution in [3.63, 3.8) is 0 Å². The second kappa shape index (κ2) is 10.2. The van der Waals surface area contributed by atoms with Gasteiger partial charge in [0.15, 0.2) is 11.5 Å². The van der Waals surface area contributed by atoms with Gasteiger partial charge in [0.1, 0.15) is 6.54 Å². The first-order chi connectivity index (χ1) is 15.7. The second-order valence-corrected chi connectivity index (χ2v) is 9.20. The molecule has 0 aliphatic heterocycles. The third-order valence-electron chi connectivity index (χ3n) is 4.85. The molecular formula is C24H25N3O5S. The van der Waals surface area contributed by atoms with E-state index in [2.05, 4.69) is 10.5 Å². The van der Waals surface area contributed by atoms with Crippen molar-refractivity contribution in [2.24, 2.45) is 5.10 Å². The van der Waals surface area contributed by atoms with E-state index in [0.29, 0.717) is 11.3 Å². The average Bonchev–Trinajstić information content (AvgIpc) is 2.79. The fourth-order valence-electron chi connectivity index (χ4n) is 3.22. The van der Waals surface area contributed by atoms with E-state index < -0.39 is 22.5 Å². The van der Waals surface area contributed by atoms with E-state index in [-0.39, 0.29) is 16.4 Å². The highest BCUT2D eigenvalue weighted by Gasteiger charge is 2.28. The fraction of sp³-hybridized carbons (Fsp3) is 0.167. The van der Waals surface area contributed by atoms with Crippen molar-refractivity contribution in [1.82, 2.24) is 5.43 Å². The number of sulfonamides is 1. The maximum Gasteiger partial charge on any atom is 0.264 e. The Morgan fingerprint density at radius 3 is 2.48 bits per heavy atom. The van der Waals surface area contributed by atoms with Gasteiger partial charge in [0, 0.05) is 0 Å². The number of phenolic OH excluding ortho intramolecular Hbond substituents is 1. The van der Waals surface area contributed by atoms with Crippen molar-refractivity contribution in [2.45, 2.75) is 18.7 Å². The van der Waals surface area contributed by atoms with Crippen LogP contribution >= 0.6 is 0 Å². The first-order valence-electron chi connectivity index (χ1n) is 10.1. The monoisotopic (exact) mass is 467 g/mol. The molecule has 2 N–H and O–H groups in total. The summed E-state index contributed by atoms with van der Waals surface area (Å²) >= 11 is 0. The highest BCUT2D eigenvalue weighted by molar-refractivity contribution is 7.92. The van der Waals surface area contributed by atoms with E-state index in [1.807, 2.05) is 13.0 Å². The van der Waals surface area contributed by atoms with E-state index in [9.17, 15) is 18.3 Å². The molecule has 0 aliphatic rings. The molecule has 1 amide bonds. The summed E-state index contributed by atoms with van der Waals surface area (Å²) in [6.07, 6.45) is 1.37. The smallest absolute Gasteiger partial charge is 0.264 e. The summed E-state index contributed by atoms with van der Waals surface area (Å²) in [6, 6.07) is 17.9. The van der Waals surface area contributed by atoms with Crippen molar-refractivity contribution in [2.75, 3.05) is 18.0 Å². The van der Waals surface area contributed by atoms with Crippen molar-refractivity contribution in [3.05, 3.63) is 83.4 Å². The largest absolute Gasteiger partial charge is 0.504 e. The Bertz CT molecular complexity index is 1270. The van der Waals surface area contributed by atoms with E-state index in [1.165, 1.54) is 31.5 Å². The van der Waals surface area contributed by atoms with Crippen molar-refractivity contribution < 1.29 is 23.1 Å². The Labute approximate surface area is 193 Å². The lowest BCUT2D eigenvalue weighted by Crippen LogP contribution is -2.40. The number of carbonyl (C=O) groups is 1. The lowest BCUT2D eigenvalue weighted by molar-refractivity contribution is -0.119. The molecule has 9 heteroatoms. The van der Waals surface area contributed by atoms with Crippen LogP contribution in [0.1, 0.15) is 16.7 Å². The van der Waals surface area contributed by atoms with Gasteiger partial charge in [-0.15, -0.1) is 0 Å². The molecular weight excluding hydrogens is 442 g/mol. The highest BCUT2D eigenvalue weighted by atomic mass is 32.2. The summed E-state index contributed by atoms with van der Waals surface area (Å²) < 4.78 is 32.9. The number of anilines is 1. The van der Waals surface area contributed by atoms with Crippen molar-refractivity contribution >= 4 is 27.8 Å². The van der Waals surface area contributed by atoms with Gasteiger partial charge in [-0.2, -0.15) is 5.10 Å². The van der Waals surface area contributed by atoms with E-state index >= 15 is 0 Å². The number of carbonyl (C=O) groups excluding carboxylic acids is 1. The van der Waals surface area contributed by atoms with E-state index in [1.54, 1.807) is 49.4 Å². The third-order valence-corrected chi connectivity index (χ3v) is 6.62. The Balaban J connectivity index is 1.85. The van der Waals surface area contributed by atoms with Crippen LogP contribution in [0.25, 0.3) is 0 Å². The minimum Gasteiger partial charge on any atom is -0.504 e. The maximum absolute atomic E-state index is 13.4. The predicted molar refractivity (Wildman–Crippen MR) is 127 cm³/mol. The summed E-state index contributed by atoms with van der Waals surface area (Å²) in [4.78, 5) is 12.7. The molecule has 0 radical (unpaired) electrons. The molecule has 0 fully saturated rings. The van der Waals surface area contributed by atoms with Crippen molar-refractivity contribution in [3.8, 4) is 11.5 Å². The summed E-state index contributed by atoms with van der Waals surface area (Å²) in [6.45, 7) is 3.24. The zero-order chi connectivity index (χ0) is 24.0. The van der Waals surface area contributed by atoms with Crippen LogP contribution in [0.4, 0.5) is 5.69 Å². The number of nitrogens with one attached hydrogen (secondary N) is 1. The van der Waals surface area contributed by atoms with Gasteiger partial charge in [-0.25, -0.2) is 13.8 Å². The SMILES string of the molecule is COc1cc(/C=N\NC(=O)CN(c2ccc(C)cc2C)S(=O)(=O)c2ccccc2)ccc1O. The number of phenols is 1. The molecule has 0 spiro atoms. The van der Waals surface area contributed by atoms with Crippen LogP contribution in [0.3, 0.4) is 0 Å². The van der Waals surface area contributed by atoms with E-state index in [0.717, 1.165) is 15.4 Å². The number of methoxy groups -OCH3 is 1. The minimum absolute atomic E-state index is 0.0195.